The third kappa shape index (κ3) is 2.82. The lowest BCUT2D eigenvalue weighted by Gasteiger charge is -2.25. The first-order valence-corrected chi connectivity index (χ1v) is 5.99. The Hall–Kier alpha value is -0.820. The van der Waals surface area contributed by atoms with E-state index in [-0.39, 0.29) is 0 Å². The summed E-state index contributed by atoms with van der Waals surface area (Å²) in [6, 6.07) is 8.77. The van der Waals surface area contributed by atoms with Gasteiger partial charge in [-0.1, -0.05) is 42.7 Å². The second kappa shape index (κ2) is 4.36. The van der Waals surface area contributed by atoms with Crippen molar-refractivity contribution in [3.63, 3.8) is 0 Å². The van der Waals surface area contributed by atoms with Crippen LogP contribution in [0.2, 0.25) is 0 Å². The van der Waals surface area contributed by atoms with E-state index in [4.69, 9.17) is 0 Å². The van der Waals surface area contributed by atoms with Crippen molar-refractivity contribution in [2.75, 3.05) is 0 Å². The molecule has 0 aliphatic heterocycles. The van der Waals surface area contributed by atoms with Crippen LogP contribution in [0.4, 0.5) is 0 Å². The van der Waals surface area contributed by atoms with E-state index in [1.807, 2.05) is 0 Å². The second-order valence-electron chi connectivity index (χ2n) is 5.11. The summed E-state index contributed by atoms with van der Waals surface area (Å²) in [5.74, 6) is 0. The lowest BCUT2D eigenvalue weighted by molar-refractivity contribution is 0.362. The van der Waals surface area contributed by atoms with Gasteiger partial charge in [0.05, 0.1) is 0 Å². The van der Waals surface area contributed by atoms with Gasteiger partial charge in [0.15, 0.2) is 0 Å². The molecule has 1 heteroatoms. The number of aryl methyl sites for hydroxylation is 1. The van der Waals surface area contributed by atoms with E-state index in [9.17, 15) is 0 Å². The van der Waals surface area contributed by atoms with Gasteiger partial charge in [0, 0.05) is 12.1 Å². The fourth-order valence-corrected chi connectivity index (χ4v) is 2.47. The van der Waals surface area contributed by atoms with Gasteiger partial charge in [0.25, 0.3) is 0 Å². The number of benzene rings is 1. The summed E-state index contributed by atoms with van der Waals surface area (Å²) in [7, 11) is 0. The van der Waals surface area contributed by atoms with Crippen LogP contribution in [-0.4, -0.2) is 5.54 Å². The predicted octanol–water partition coefficient (Wildman–Crippen LogP) is 3.42. The molecule has 1 aliphatic carbocycles. The van der Waals surface area contributed by atoms with Gasteiger partial charge in [-0.05, 0) is 32.3 Å². The normalized spacial score (nSPS) is 19.3. The highest BCUT2D eigenvalue weighted by Gasteiger charge is 2.27. The Morgan fingerprint density at radius 2 is 2.00 bits per heavy atom. The molecular formula is C14H21N. The molecule has 1 aliphatic rings. The smallest absolute Gasteiger partial charge is 0.0210 e. The number of rotatable bonds is 3. The molecule has 1 saturated carbocycles. The second-order valence-corrected chi connectivity index (χ2v) is 5.11. The molecule has 1 aromatic rings. The van der Waals surface area contributed by atoms with Crippen LogP contribution in [0.3, 0.4) is 0 Å². The van der Waals surface area contributed by atoms with Gasteiger partial charge in [0.2, 0.25) is 0 Å². The van der Waals surface area contributed by atoms with Crippen molar-refractivity contribution in [3.8, 4) is 0 Å². The predicted molar refractivity (Wildman–Crippen MR) is 64.9 cm³/mol. The average Bonchev–Trinajstić information content (AvgIpc) is 2.63. The van der Waals surface area contributed by atoms with Gasteiger partial charge in [-0.15, -0.1) is 0 Å². The summed E-state index contributed by atoms with van der Waals surface area (Å²) in [6.07, 6.45) is 5.44. The molecular weight excluding hydrogens is 182 g/mol. The molecule has 0 amide bonds. The fraction of sp³-hybridized carbons (Fsp3) is 0.571. The molecule has 0 heterocycles. The zero-order chi connectivity index (χ0) is 10.7. The van der Waals surface area contributed by atoms with Crippen LogP contribution in [0.25, 0.3) is 0 Å². The third-order valence-corrected chi connectivity index (χ3v) is 3.51. The first-order chi connectivity index (χ1) is 7.18. The van der Waals surface area contributed by atoms with Gasteiger partial charge in [-0.3, -0.25) is 0 Å². The summed E-state index contributed by atoms with van der Waals surface area (Å²) in [5, 5.41) is 3.70. The topological polar surface area (TPSA) is 12.0 Å². The van der Waals surface area contributed by atoms with Gasteiger partial charge in [-0.2, -0.15) is 0 Å². The highest BCUT2D eigenvalue weighted by molar-refractivity contribution is 5.22. The SMILES string of the molecule is Cc1cccc(CNC2(C)CCCC2)c1. The van der Waals surface area contributed by atoms with E-state index in [0.717, 1.165) is 6.54 Å². The molecule has 1 nitrogen and oxygen atoms in total. The summed E-state index contributed by atoms with van der Waals surface area (Å²) in [6.45, 7) is 5.52. The molecule has 82 valence electrons. The van der Waals surface area contributed by atoms with Gasteiger partial charge >= 0.3 is 0 Å². The Kier molecular flexibility index (Phi) is 3.11. The molecule has 0 spiro atoms. The molecule has 0 saturated heterocycles. The summed E-state index contributed by atoms with van der Waals surface area (Å²) < 4.78 is 0. The minimum Gasteiger partial charge on any atom is -0.307 e. The molecule has 1 fully saturated rings. The van der Waals surface area contributed by atoms with Crippen molar-refractivity contribution in [2.45, 2.75) is 51.6 Å². The van der Waals surface area contributed by atoms with Gasteiger partial charge < -0.3 is 5.32 Å². The van der Waals surface area contributed by atoms with Gasteiger partial charge in [-0.25, -0.2) is 0 Å². The van der Waals surface area contributed by atoms with Crippen molar-refractivity contribution in [3.05, 3.63) is 35.4 Å². The maximum Gasteiger partial charge on any atom is 0.0210 e. The van der Waals surface area contributed by atoms with Gasteiger partial charge in [0.1, 0.15) is 0 Å². The molecule has 0 atom stereocenters. The Morgan fingerprint density at radius 3 is 2.67 bits per heavy atom. The third-order valence-electron chi connectivity index (χ3n) is 3.51. The quantitative estimate of drug-likeness (QED) is 0.793. The molecule has 0 radical (unpaired) electrons. The van der Waals surface area contributed by atoms with Crippen LogP contribution in [0.1, 0.15) is 43.7 Å². The molecule has 15 heavy (non-hydrogen) atoms. The minimum absolute atomic E-state index is 0.393. The first kappa shape index (κ1) is 10.7. The van der Waals surface area contributed by atoms with Crippen molar-refractivity contribution in [1.29, 1.82) is 0 Å². The lowest BCUT2D eigenvalue weighted by Crippen LogP contribution is -2.38. The van der Waals surface area contributed by atoms with E-state index in [1.54, 1.807) is 0 Å². The number of nitrogens with one attached hydrogen (secondary N) is 1. The van der Waals surface area contributed by atoms with E-state index in [0.29, 0.717) is 5.54 Å². The van der Waals surface area contributed by atoms with Crippen molar-refractivity contribution >= 4 is 0 Å². The Bertz CT molecular complexity index is 324. The van der Waals surface area contributed by atoms with Crippen LogP contribution in [-0.2, 0) is 6.54 Å². The fourth-order valence-electron chi connectivity index (χ4n) is 2.47. The molecule has 0 unspecified atom stereocenters. The highest BCUT2D eigenvalue weighted by Crippen LogP contribution is 2.29. The number of hydrogen-bond acceptors (Lipinski definition) is 1. The monoisotopic (exact) mass is 203 g/mol. The summed E-state index contributed by atoms with van der Waals surface area (Å²) >= 11 is 0. The van der Waals surface area contributed by atoms with Crippen LogP contribution in [0.15, 0.2) is 24.3 Å². The lowest BCUT2D eigenvalue weighted by atomic mass is 10.00. The molecule has 0 bridgehead atoms. The largest absolute Gasteiger partial charge is 0.307 e. The van der Waals surface area contributed by atoms with Crippen LogP contribution >= 0.6 is 0 Å². The molecule has 0 aromatic heterocycles. The minimum atomic E-state index is 0.393. The summed E-state index contributed by atoms with van der Waals surface area (Å²) in [5.41, 5.74) is 3.15. The Morgan fingerprint density at radius 1 is 1.27 bits per heavy atom. The average molecular weight is 203 g/mol. The van der Waals surface area contributed by atoms with Crippen molar-refractivity contribution in [2.24, 2.45) is 0 Å². The summed E-state index contributed by atoms with van der Waals surface area (Å²) in [4.78, 5) is 0. The van der Waals surface area contributed by atoms with E-state index >= 15 is 0 Å². The van der Waals surface area contributed by atoms with Crippen LogP contribution in [0.5, 0.6) is 0 Å². The highest BCUT2D eigenvalue weighted by atomic mass is 15.0. The van der Waals surface area contributed by atoms with Crippen molar-refractivity contribution in [1.82, 2.24) is 5.32 Å². The molecule has 1 aromatic carbocycles. The Labute approximate surface area is 92.9 Å². The van der Waals surface area contributed by atoms with E-state index < -0.39 is 0 Å². The number of hydrogen-bond donors (Lipinski definition) is 1. The standard InChI is InChI=1S/C14H21N/c1-12-6-5-7-13(10-12)11-15-14(2)8-3-4-9-14/h5-7,10,15H,3-4,8-9,11H2,1-2H3. The van der Waals surface area contributed by atoms with E-state index in [2.05, 4.69) is 43.4 Å². The molecule has 2 rings (SSSR count). The zero-order valence-electron chi connectivity index (χ0n) is 9.84. The molecule has 1 N–H and O–H groups in total. The van der Waals surface area contributed by atoms with Crippen LogP contribution < -0.4 is 5.32 Å². The maximum atomic E-state index is 3.70. The zero-order valence-corrected chi connectivity index (χ0v) is 9.84. The van der Waals surface area contributed by atoms with Crippen LogP contribution in [0, 0.1) is 6.92 Å². The first-order valence-electron chi connectivity index (χ1n) is 5.99. The Balaban J connectivity index is 1.92. The van der Waals surface area contributed by atoms with Crippen molar-refractivity contribution < 1.29 is 0 Å². The maximum absolute atomic E-state index is 3.70. The van der Waals surface area contributed by atoms with E-state index in [1.165, 1.54) is 36.8 Å².